The summed E-state index contributed by atoms with van der Waals surface area (Å²) in [7, 11) is 0. The van der Waals surface area contributed by atoms with Crippen LogP contribution >= 0.6 is 0 Å². The molecule has 1 aliphatic heterocycles. The summed E-state index contributed by atoms with van der Waals surface area (Å²) < 4.78 is 0. The Morgan fingerprint density at radius 2 is 1.55 bits per heavy atom. The third kappa shape index (κ3) is 5.15. The van der Waals surface area contributed by atoms with E-state index in [2.05, 4.69) is 41.8 Å². The van der Waals surface area contributed by atoms with Crippen molar-refractivity contribution in [1.82, 2.24) is 5.32 Å². The molecule has 3 aromatic rings. The maximum Gasteiger partial charge on any atom is 0.326 e. The van der Waals surface area contributed by atoms with E-state index < -0.39 is 0 Å². The zero-order chi connectivity index (χ0) is 21.5. The maximum absolute atomic E-state index is 13.7. The normalized spacial score (nSPS) is 18.0. The Labute approximate surface area is 185 Å². The summed E-state index contributed by atoms with van der Waals surface area (Å²) in [6.45, 7) is 4.22. The highest BCUT2D eigenvalue weighted by atomic mass is 16.2. The summed E-state index contributed by atoms with van der Waals surface area (Å²) >= 11 is 0. The number of amides is 2. The Morgan fingerprint density at radius 3 is 2.16 bits per heavy atom. The molecule has 160 valence electrons. The first-order valence-corrected chi connectivity index (χ1v) is 11.2. The molecule has 1 heterocycles. The Balaban J connectivity index is 1.74. The molecule has 31 heavy (non-hydrogen) atoms. The van der Waals surface area contributed by atoms with E-state index in [0.717, 1.165) is 37.3 Å². The van der Waals surface area contributed by atoms with Gasteiger partial charge in [0, 0.05) is 23.3 Å². The van der Waals surface area contributed by atoms with Crippen molar-refractivity contribution >= 4 is 17.4 Å². The van der Waals surface area contributed by atoms with Gasteiger partial charge in [0.15, 0.2) is 0 Å². The molecule has 0 bridgehead atoms. The number of nitrogens with one attached hydrogen (secondary N) is 2. The quantitative estimate of drug-likeness (QED) is 0.529. The van der Waals surface area contributed by atoms with Crippen molar-refractivity contribution in [2.45, 2.75) is 31.7 Å². The zero-order valence-corrected chi connectivity index (χ0v) is 18.1. The number of carbonyl (C=O) groups is 1. The molecule has 4 nitrogen and oxygen atoms in total. The second kappa shape index (κ2) is 10.3. The average Bonchev–Trinajstić information content (AvgIpc) is 2.84. The predicted octanol–water partition coefficient (Wildman–Crippen LogP) is 5.90. The van der Waals surface area contributed by atoms with Gasteiger partial charge in [-0.2, -0.15) is 0 Å². The van der Waals surface area contributed by atoms with Crippen LogP contribution in [0.25, 0.3) is 0 Å². The van der Waals surface area contributed by atoms with Crippen LogP contribution in [0.2, 0.25) is 0 Å². The number of anilines is 2. The number of rotatable bonds is 6. The highest BCUT2D eigenvalue weighted by Gasteiger charge is 2.37. The number of hydrogen-bond donors (Lipinski definition) is 2. The van der Waals surface area contributed by atoms with Crippen molar-refractivity contribution in [3.63, 3.8) is 0 Å². The molecule has 1 saturated heterocycles. The standard InChI is InChI=1S/C27H31N3O/c1-21(22-12-5-2-6-13-22)26(23-14-11-19-28-20-23)30(25-17-9-4-10-18-25)27(31)29-24-15-7-3-8-16-24/h2-10,12-13,15-18,21,23,26,28H,11,14,19-20H2,1H3,(H,29,31). The van der Waals surface area contributed by atoms with E-state index in [1.165, 1.54) is 5.56 Å². The Hall–Kier alpha value is -3.11. The van der Waals surface area contributed by atoms with E-state index in [9.17, 15) is 4.79 Å². The maximum atomic E-state index is 13.7. The van der Waals surface area contributed by atoms with Crippen molar-refractivity contribution in [3.05, 3.63) is 96.6 Å². The first-order chi connectivity index (χ1) is 15.2. The van der Waals surface area contributed by atoms with Crippen LogP contribution in [-0.4, -0.2) is 25.2 Å². The van der Waals surface area contributed by atoms with Crippen LogP contribution < -0.4 is 15.5 Å². The second-order valence-corrected chi connectivity index (χ2v) is 8.30. The van der Waals surface area contributed by atoms with Gasteiger partial charge >= 0.3 is 6.03 Å². The Kier molecular flexibility index (Phi) is 7.00. The molecule has 0 radical (unpaired) electrons. The minimum Gasteiger partial charge on any atom is -0.316 e. The molecule has 0 aromatic heterocycles. The van der Waals surface area contributed by atoms with E-state index in [-0.39, 0.29) is 18.0 Å². The van der Waals surface area contributed by atoms with Gasteiger partial charge in [0.25, 0.3) is 0 Å². The van der Waals surface area contributed by atoms with Crippen LogP contribution in [-0.2, 0) is 0 Å². The summed E-state index contributed by atoms with van der Waals surface area (Å²) in [5, 5.41) is 6.69. The van der Waals surface area contributed by atoms with Crippen LogP contribution in [0.3, 0.4) is 0 Å². The molecule has 1 aliphatic rings. The van der Waals surface area contributed by atoms with E-state index in [4.69, 9.17) is 0 Å². The van der Waals surface area contributed by atoms with Crippen molar-refractivity contribution in [1.29, 1.82) is 0 Å². The number of hydrogen-bond acceptors (Lipinski definition) is 2. The molecule has 1 fully saturated rings. The van der Waals surface area contributed by atoms with Crippen LogP contribution in [0.5, 0.6) is 0 Å². The number of piperidine rings is 1. The molecule has 2 N–H and O–H groups in total. The number of benzene rings is 3. The van der Waals surface area contributed by atoms with E-state index in [1.807, 2.05) is 71.6 Å². The van der Waals surface area contributed by atoms with Gasteiger partial charge in [-0.1, -0.05) is 73.7 Å². The molecular formula is C27H31N3O. The van der Waals surface area contributed by atoms with Gasteiger partial charge in [-0.3, -0.25) is 4.90 Å². The summed E-state index contributed by atoms with van der Waals surface area (Å²) in [4.78, 5) is 15.7. The molecule has 2 amide bonds. The topological polar surface area (TPSA) is 44.4 Å². The molecule has 0 saturated carbocycles. The molecule has 4 heteroatoms. The van der Waals surface area contributed by atoms with Crippen molar-refractivity contribution in [3.8, 4) is 0 Å². The highest BCUT2D eigenvalue weighted by molar-refractivity contribution is 6.02. The van der Waals surface area contributed by atoms with Gasteiger partial charge < -0.3 is 10.6 Å². The molecule has 4 rings (SSSR count). The lowest BCUT2D eigenvalue weighted by Crippen LogP contribution is -2.53. The van der Waals surface area contributed by atoms with Crippen LogP contribution in [0.1, 0.15) is 31.2 Å². The van der Waals surface area contributed by atoms with E-state index in [1.54, 1.807) is 0 Å². The van der Waals surface area contributed by atoms with Crippen LogP contribution in [0, 0.1) is 5.92 Å². The zero-order valence-electron chi connectivity index (χ0n) is 18.1. The van der Waals surface area contributed by atoms with Gasteiger partial charge in [0.2, 0.25) is 0 Å². The molecule has 3 aromatic carbocycles. The lowest BCUT2D eigenvalue weighted by molar-refractivity contribution is 0.241. The van der Waals surface area contributed by atoms with Gasteiger partial charge in [-0.05, 0) is 61.7 Å². The molecular weight excluding hydrogens is 382 g/mol. The fraction of sp³-hybridized carbons (Fsp3) is 0.296. The number of nitrogens with zero attached hydrogens (tertiary/aromatic N) is 1. The van der Waals surface area contributed by atoms with E-state index in [0.29, 0.717) is 5.92 Å². The van der Waals surface area contributed by atoms with Crippen molar-refractivity contribution in [2.75, 3.05) is 23.3 Å². The van der Waals surface area contributed by atoms with Gasteiger partial charge in [0.05, 0.1) is 0 Å². The fourth-order valence-corrected chi connectivity index (χ4v) is 4.69. The number of carbonyl (C=O) groups excluding carboxylic acids is 1. The summed E-state index contributed by atoms with van der Waals surface area (Å²) in [5.74, 6) is 0.554. The van der Waals surface area contributed by atoms with Crippen LogP contribution in [0.4, 0.5) is 16.2 Å². The third-order valence-corrected chi connectivity index (χ3v) is 6.23. The van der Waals surface area contributed by atoms with E-state index >= 15 is 0 Å². The Bertz CT molecular complexity index is 940. The largest absolute Gasteiger partial charge is 0.326 e. The summed E-state index contributed by atoms with van der Waals surface area (Å²) in [6, 6.07) is 30.3. The molecule has 3 unspecified atom stereocenters. The first kappa shape index (κ1) is 21.1. The van der Waals surface area contributed by atoms with Crippen molar-refractivity contribution in [2.24, 2.45) is 5.92 Å². The second-order valence-electron chi connectivity index (χ2n) is 8.30. The van der Waals surface area contributed by atoms with Gasteiger partial charge in [-0.15, -0.1) is 0 Å². The highest BCUT2D eigenvalue weighted by Crippen LogP contribution is 2.35. The average molecular weight is 414 g/mol. The molecule has 0 aliphatic carbocycles. The SMILES string of the molecule is CC(c1ccccc1)C(C1CCCNC1)N(C(=O)Nc1ccccc1)c1ccccc1. The van der Waals surface area contributed by atoms with Crippen molar-refractivity contribution < 1.29 is 4.79 Å². The molecule has 3 atom stereocenters. The Morgan fingerprint density at radius 1 is 0.935 bits per heavy atom. The lowest BCUT2D eigenvalue weighted by Gasteiger charge is -2.42. The lowest BCUT2D eigenvalue weighted by atomic mass is 9.80. The third-order valence-electron chi connectivity index (χ3n) is 6.23. The van der Waals surface area contributed by atoms with Gasteiger partial charge in [0.1, 0.15) is 0 Å². The minimum absolute atomic E-state index is 0.0290. The fourth-order valence-electron chi connectivity index (χ4n) is 4.69. The summed E-state index contributed by atoms with van der Waals surface area (Å²) in [5.41, 5.74) is 2.99. The van der Waals surface area contributed by atoms with Gasteiger partial charge in [-0.25, -0.2) is 4.79 Å². The number of para-hydroxylation sites is 2. The minimum atomic E-state index is -0.0873. The predicted molar refractivity (Wildman–Crippen MR) is 129 cm³/mol. The first-order valence-electron chi connectivity index (χ1n) is 11.2. The smallest absolute Gasteiger partial charge is 0.316 e. The monoisotopic (exact) mass is 413 g/mol. The summed E-state index contributed by atoms with van der Waals surface area (Å²) in [6.07, 6.45) is 2.24. The number of urea groups is 1. The molecule has 0 spiro atoms. The van der Waals surface area contributed by atoms with Crippen LogP contribution in [0.15, 0.2) is 91.0 Å².